The van der Waals surface area contributed by atoms with E-state index in [1.54, 1.807) is 6.07 Å². The van der Waals surface area contributed by atoms with E-state index in [1.165, 1.54) is 23.9 Å². The second kappa shape index (κ2) is 6.80. The number of carbonyl (C=O) groups excluding carboxylic acids is 1. The Morgan fingerprint density at radius 3 is 2.61 bits per heavy atom. The fourth-order valence-electron chi connectivity index (χ4n) is 1.22. The Hall–Kier alpha value is -1.01. The Labute approximate surface area is 118 Å². The van der Waals surface area contributed by atoms with Crippen LogP contribution in [0.2, 0.25) is 0 Å². The lowest BCUT2D eigenvalue weighted by Gasteiger charge is -2.08. The maximum absolute atomic E-state index is 11.6. The van der Waals surface area contributed by atoms with Crippen LogP contribution in [-0.4, -0.2) is 28.0 Å². The van der Waals surface area contributed by atoms with E-state index in [0.29, 0.717) is 21.2 Å². The van der Waals surface area contributed by atoms with E-state index < -0.39 is 5.97 Å². The first-order chi connectivity index (χ1) is 8.38. The third-order valence-electron chi connectivity index (χ3n) is 1.98. The number of anilines is 1. The van der Waals surface area contributed by atoms with Crippen LogP contribution in [0.15, 0.2) is 22.7 Å². The maximum Gasteiger partial charge on any atom is 0.335 e. The highest BCUT2D eigenvalue weighted by Crippen LogP contribution is 2.20. The highest BCUT2D eigenvalue weighted by atomic mass is 79.9. The number of carboxylic acids is 1. The number of benzene rings is 1. The van der Waals surface area contributed by atoms with E-state index in [-0.39, 0.29) is 11.5 Å². The minimum Gasteiger partial charge on any atom is -0.478 e. The smallest absolute Gasteiger partial charge is 0.335 e. The topological polar surface area (TPSA) is 66.4 Å². The molecule has 0 aliphatic heterocycles. The molecule has 4 nitrogen and oxygen atoms in total. The lowest BCUT2D eigenvalue weighted by atomic mass is 10.2. The normalized spacial score (nSPS) is 10.4. The average Bonchev–Trinajstić information content (AvgIpc) is 2.25. The molecule has 0 heterocycles. The lowest BCUT2D eigenvalue weighted by molar-refractivity contribution is -0.113. The van der Waals surface area contributed by atoms with Crippen molar-refractivity contribution in [2.24, 2.45) is 0 Å². The summed E-state index contributed by atoms with van der Waals surface area (Å²) in [5, 5.41) is 12.0. The van der Waals surface area contributed by atoms with Crippen LogP contribution in [0, 0.1) is 0 Å². The molecular weight excluding hydrogens is 318 g/mol. The summed E-state index contributed by atoms with van der Waals surface area (Å²) >= 11 is 4.75. The first kappa shape index (κ1) is 15.0. The van der Waals surface area contributed by atoms with Gasteiger partial charge in [0, 0.05) is 10.2 Å². The molecule has 18 heavy (non-hydrogen) atoms. The van der Waals surface area contributed by atoms with Crippen LogP contribution in [0.3, 0.4) is 0 Å². The maximum atomic E-state index is 11.6. The number of halogens is 1. The summed E-state index contributed by atoms with van der Waals surface area (Å²) in [6, 6.07) is 4.59. The number of amides is 1. The van der Waals surface area contributed by atoms with Crippen molar-refractivity contribution >= 4 is 45.3 Å². The number of carbonyl (C=O) groups is 2. The summed E-state index contributed by atoms with van der Waals surface area (Å²) in [5.74, 6) is -0.807. The van der Waals surface area contributed by atoms with Gasteiger partial charge in [0.05, 0.1) is 11.3 Å². The van der Waals surface area contributed by atoms with Crippen molar-refractivity contribution in [2.45, 2.75) is 19.1 Å². The molecule has 6 heteroatoms. The van der Waals surface area contributed by atoms with Crippen molar-refractivity contribution < 1.29 is 14.7 Å². The molecule has 0 bridgehead atoms. The number of rotatable bonds is 5. The van der Waals surface area contributed by atoms with Crippen LogP contribution in [0.25, 0.3) is 0 Å². The van der Waals surface area contributed by atoms with Gasteiger partial charge in [0.1, 0.15) is 0 Å². The molecule has 0 aliphatic carbocycles. The van der Waals surface area contributed by atoms with Crippen LogP contribution >= 0.6 is 27.7 Å². The van der Waals surface area contributed by atoms with Crippen molar-refractivity contribution in [3.05, 3.63) is 28.2 Å². The average molecular weight is 332 g/mol. The van der Waals surface area contributed by atoms with Gasteiger partial charge >= 0.3 is 5.97 Å². The highest BCUT2D eigenvalue weighted by molar-refractivity contribution is 9.10. The zero-order chi connectivity index (χ0) is 13.7. The summed E-state index contributed by atoms with van der Waals surface area (Å²) in [6.07, 6.45) is 0. The SMILES string of the molecule is CC(C)SCC(=O)Nc1cc(Br)cc(C(=O)O)c1. The van der Waals surface area contributed by atoms with Gasteiger partial charge in [-0.3, -0.25) is 4.79 Å². The number of thioether (sulfide) groups is 1. The number of aromatic carboxylic acids is 1. The second-order valence-electron chi connectivity index (χ2n) is 3.94. The fourth-order valence-corrected chi connectivity index (χ4v) is 2.27. The quantitative estimate of drug-likeness (QED) is 0.869. The van der Waals surface area contributed by atoms with Crippen LogP contribution in [0.4, 0.5) is 5.69 Å². The molecule has 98 valence electrons. The van der Waals surface area contributed by atoms with Crippen molar-refractivity contribution in [2.75, 3.05) is 11.1 Å². The van der Waals surface area contributed by atoms with Crippen LogP contribution in [0.1, 0.15) is 24.2 Å². The minimum absolute atomic E-state index is 0.135. The van der Waals surface area contributed by atoms with E-state index >= 15 is 0 Å². The van der Waals surface area contributed by atoms with Gasteiger partial charge in [-0.05, 0) is 23.4 Å². The molecule has 0 saturated carbocycles. The standard InChI is InChI=1S/C12H14BrNO3S/c1-7(2)18-6-11(15)14-10-4-8(12(16)17)3-9(13)5-10/h3-5,7H,6H2,1-2H3,(H,14,15)(H,16,17). The predicted octanol–water partition coefficient (Wildman–Crippen LogP) is 3.23. The Kier molecular flexibility index (Phi) is 5.68. The van der Waals surface area contributed by atoms with Gasteiger partial charge in [-0.1, -0.05) is 29.8 Å². The number of hydrogen-bond acceptors (Lipinski definition) is 3. The monoisotopic (exact) mass is 331 g/mol. The van der Waals surface area contributed by atoms with E-state index in [0.717, 1.165) is 0 Å². The van der Waals surface area contributed by atoms with Crippen LogP contribution in [-0.2, 0) is 4.79 Å². The molecule has 1 amide bonds. The van der Waals surface area contributed by atoms with Gasteiger partial charge in [-0.25, -0.2) is 4.79 Å². The molecule has 0 aliphatic rings. The zero-order valence-corrected chi connectivity index (χ0v) is 12.5. The molecule has 0 radical (unpaired) electrons. The summed E-state index contributed by atoms with van der Waals surface area (Å²) in [6.45, 7) is 4.03. The van der Waals surface area contributed by atoms with Crippen molar-refractivity contribution in [3.63, 3.8) is 0 Å². The molecule has 0 fully saturated rings. The molecule has 0 aromatic heterocycles. The molecule has 2 N–H and O–H groups in total. The third kappa shape index (κ3) is 5.10. The Morgan fingerprint density at radius 2 is 2.06 bits per heavy atom. The van der Waals surface area contributed by atoms with Crippen LogP contribution in [0.5, 0.6) is 0 Å². The molecule has 1 aromatic carbocycles. The van der Waals surface area contributed by atoms with Gasteiger partial charge in [0.2, 0.25) is 5.91 Å². The van der Waals surface area contributed by atoms with Gasteiger partial charge in [-0.2, -0.15) is 0 Å². The van der Waals surface area contributed by atoms with Crippen LogP contribution < -0.4 is 5.32 Å². The number of nitrogens with one attached hydrogen (secondary N) is 1. The summed E-state index contributed by atoms with van der Waals surface area (Å²) in [4.78, 5) is 22.5. The van der Waals surface area contributed by atoms with Crippen molar-refractivity contribution in [1.29, 1.82) is 0 Å². The molecule has 1 aromatic rings. The Bertz CT molecular complexity index is 463. The first-order valence-electron chi connectivity index (χ1n) is 5.34. The minimum atomic E-state index is -1.02. The number of hydrogen-bond donors (Lipinski definition) is 2. The van der Waals surface area contributed by atoms with Crippen molar-refractivity contribution in [3.8, 4) is 0 Å². The summed E-state index contributed by atoms with van der Waals surface area (Å²) in [5.41, 5.74) is 0.618. The van der Waals surface area contributed by atoms with Gasteiger partial charge in [-0.15, -0.1) is 11.8 Å². The van der Waals surface area contributed by atoms with E-state index in [4.69, 9.17) is 5.11 Å². The zero-order valence-electron chi connectivity index (χ0n) is 10.1. The molecular formula is C12H14BrNO3S. The first-order valence-corrected chi connectivity index (χ1v) is 7.18. The molecule has 1 rings (SSSR count). The predicted molar refractivity (Wildman–Crippen MR) is 77.3 cm³/mol. The molecule has 0 saturated heterocycles. The van der Waals surface area contributed by atoms with Gasteiger partial charge in [0.15, 0.2) is 0 Å². The fraction of sp³-hybridized carbons (Fsp3) is 0.333. The largest absolute Gasteiger partial charge is 0.478 e. The Morgan fingerprint density at radius 1 is 1.39 bits per heavy atom. The third-order valence-corrected chi connectivity index (χ3v) is 3.53. The molecule has 0 atom stereocenters. The van der Waals surface area contributed by atoms with Gasteiger partial charge < -0.3 is 10.4 Å². The second-order valence-corrected chi connectivity index (χ2v) is 6.42. The number of carboxylic acid groups (broad SMARTS) is 1. The lowest BCUT2D eigenvalue weighted by Crippen LogP contribution is -2.15. The highest BCUT2D eigenvalue weighted by Gasteiger charge is 2.09. The van der Waals surface area contributed by atoms with E-state index in [9.17, 15) is 9.59 Å². The molecule has 0 spiro atoms. The van der Waals surface area contributed by atoms with E-state index in [2.05, 4.69) is 21.2 Å². The summed E-state index contributed by atoms with van der Waals surface area (Å²) in [7, 11) is 0. The van der Waals surface area contributed by atoms with Crippen molar-refractivity contribution in [1.82, 2.24) is 0 Å². The van der Waals surface area contributed by atoms with E-state index in [1.807, 2.05) is 13.8 Å². The molecule has 0 unspecified atom stereocenters. The van der Waals surface area contributed by atoms with Gasteiger partial charge in [0.25, 0.3) is 0 Å². The Balaban J connectivity index is 2.72. The summed E-state index contributed by atoms with van der Waals surface area (Å²) < 4.78 is 0.620.